The summed E-state index contributed by atoms with van der Waals surface area (Å²) in [6.07, 6.45) is 11.3. The van der Waals surface area contributed by atoms with Crippen molar-refractivity contribution >= 4 is 0 Å². The fourth-order valence-corrected chi connectivity index (χ4v) is 2.07. The Balaban J connectivity index is 1.98. The average molecular weight is 258 g/mol. The van der Waals surface area contributed by atoms with Gasteiger partial charge >= 0.3 is 0 Å². The minimum absolute atomic E-state index is 0.338. The van der Waals surface area contributed by atoms with Crippen LogP contribution in [0, 0.1) is 29.9 Å². The van der Waals surface area contributed by atoms with Crippen LogP contribution in [0.15, 0.2) is 24.5 Å². The van der Waals surface area contributed by atoms with Gasteiger partial charge in [0, 0.05) is 29.4 Å². The minimum Gasteiger partial charge on any atom is -0.272 e. The topological polar surface area (TPSA) is 17.8 Å². The van der Waals surface area contributed by atoms with E-state index in [1.807, 2.05) is 10.9 Å². The monoisotopic (exact) mass is 258 g/mol. The average Bonchev–Trinajstić information content (AvgIpc) is 3.08. The normalized spacial score (nSPS) is 14.4. The zero-order valence-electron chi connectivity index (χ0n) is 10.2. The number of aromatic nitrogens is 2. The molecule has 0 spiro atoms. The van der Waals surface area contributed by atoms with Gasteiger partial charge in [-0.15, -0.1) is 6.42 Å². The summed E-state index contributed by atoms with van der Waals surface area (Å²) in [7, 11) is 0. The number of terminal acetylenes is 1. The van der Waals surface area contributed by atoms with Crippen LogP contribution in [0.2, 0.25) is 0 Å². The van der Waals surface area contributed by atoms with Crippen LogP contribution in [0.3, 0.4) is 0 Å². The minimum atomic E-state index is -0.929. The van der Waals surface area contributed by atoms with Crippen molar-refractivity contribution < 1.29 is 8.78 Å². The second-order valence-electron chi connectivity index (χ2n) is 4.85. The molecule has 2 nitrogen and oxygen atoms in total. The van der Waals surface area contributed by atoms with E-state index in [2.05, 4.69) is 11.0 Å². The summed E-state index contributed by atoms with van der Waals surface area (Å²) in [6, 6.07) is 2.17. The van der Waals surface area contributed by atoms with Crippen LogP contribution in [0.25, 0.3) is 11.1 Å². The van der Waals surface area contributed by atoms with Crippen LogP contribution >= 0.6 is 0 Å². The van der Waals surface area contributed by atoms with E-state index in [9.17, 15) is 8.78 Å². The van der Waals surface area contributed by atoms with E-state index in [4.69, 9.17) is 6.42 Å². The van der Waals surface area contributed by atoms with Crippen LogP contribution < -0.4 is 0 Å². The third-order valence-electron chi connectivity index (χ3n) is 3.30. The molecule has 19 heavy (non-hydrogen) atoms. The number of halogens is 2. The molecule has 0 amide bonds. The number of benzene rings is 1. The van der Waals surface area contributed by atoms with Crippen molar-refractivity contribution in [2.75, 3.05) is 0 Å². The first kappa shape index (κ1) is 11.9. The Labute approximate surface area is 110 Å². The Morgan fingerprint density at radius 3 is 2.74 bits per heavy atom. The van der Waals surface area contributed by atoms with Gasteiger partial charge in [0.2, 0.25) is 0 Å². The quantitative estimate of drug-likeness (QED) is 0.773. The van der Waals surface area contributed by atoms with Crippen molar-refractivity contribution in [1.29, 1.82) is 0 Å². The smallest absolute Gasteiger partial charge is 0.160 e. The maximum absolute atomic E-state index is 13.3. The summed E-state index contributed by atoms with van der Waals surface area (Å²) in [4.78, 5) is 0. The third kappa shape index (κ3) is 2.37. The maximum atomic E-state index is 13.3. The van der Waals surface area contributed by atoms with Gasteiger partial charge in [0.1, 0.15) is 0 Å². The first-order valence-corrected chi connectivity index (χ1v) is 6.16. The molecule has 2 aromatic rings. The molecule has 1 aliphatic rings. The Bertz CT molecular complexity index is 663. The van der Waals surface area contributed by atoms with E-state index in [1.54, 1.807) is 6.20 Å². The lowest BCUT2D eigenvalue weighted by molar-refractivity contribution is 0.509. The molecule has 0 unspecified atom stereocenters. The first-order chi connectivity index (χ1) is 9.17. The number of nitrogens with zero attached hydrogens (tertiary/aromatic N) is 2. The van der Waals surface area contributed by atoms with E-state index in [0.29, 0.717) is 22.6 Å². The fraction of sp³-hybridized carbons (Fsp3) is 0.267. The van der Waals surface area contributed by atoms with Crippen molar-refractivity contribution in [3.05, 3.63) is 41.7 Å². The molecule has 1 saturated carbocycles. The van der Waals surface area contributed by atoms with E-state index in [1.165, 1.54) is 12.8 Å². The van der Waals surface area contributed by atoms with Gasteiger partial charge in [-0.25, -0.2) is 8.78 Å². The summed E-state index contributed by atoms with van der Waals surface area (Å²) in [6.45, 7) is 0.870. The highest BCUT2D eigenvalue weighted by molar-refractivity contribution is 5.70. The maximum Gasteiger partial charge on any atom is 0.160 e. The molecule has 3 rings (SSSR count). The van der Waals surface area contributed by atoms with Crippen LogP contribution in [-0.2, 0) is 6.54 Å². The molecule has 0 N–H and O–H groups in total. The Morgan fingerprint density at radius 1 is 1.32 bits per heavy atom. The fourth-order valence-electron chi connectivity index (χ4n) is 2.07. The molecule has 4 heteroatoms. The molecule has 0 saturated heterocycles. The highest BCUT2D eigenvalue weighted by Crippen LogP contribution is 2.31. The van der Waals surface area contributed by atoms with Gasteiger partial charge in [0.05, 0.1) is 6.20 Å². The summed E-state index contributed by atoms with van der Waals surface area (Å²) >= 11 is 0. The van der Waals surface area contributed by atoms with Gasteiger partial charge in [0.15, 0.2) is 11.6 Å². The highest BCUT2D eigenvalue weighted by Gasteiger charge is 2.22. The molecule has 0 bridgehead atoms. The number of hydrogen-bond acceptors (Lipinski definition) is 1. The van der Waals surface area contributed by atoms with E-state index >= 15 is 0 Å². The zero-order chi connectivity index (χ0) is 13.4. The molecular weight excluding hydrogens is 246 g/mol. The van der Waals surface area contributed by atoms with Crippen molar-refractivity contribution in [1.82, 2.24) is 9.78 Å². The van der Waals surface area contributed by atoms with Gasteiger partial charge in [-0.1, -0.05) is 5.92 Å². The van der Waals surface area contributed by atoms with Crippen LogP contribution in [0.4, 0.5) is 8.78 Å². The molecule has 1 aromatic carbocycles. The van der Waals surface area contributed by atoms with Crippen molar-refractivity contribution in [3.8, 4) is 23.5 Å². The predicted molar refractivity (Wildman–Crippen MR) is 68.2 cm³/mol. The lowest BCUT2D eigenvalue weighted by atomic mass is 10.0. The van der Waals surface area contributed by atoms with Gasteiger partial charge in [-0.3, -0.25) is 4.68 Å². The van der Waals surface area contributed by atoms with E-state index in [-0.39, 0.29) is 0 Å². The van der Waals surface area contributed by atoms with Gasteiger partial charge in [0.25, 0.3) is 0 Å². The first-order valence-electron chi connectivity index (χ1n) is 6.16. The van der Waals surface area contributed by atoms with Gasteiger partial charge < -0.3 is 0 Å². The summed E-state index contributed by atoms with van der Waals surface area (Å²) in [5.41, 5.74) is 1.56. The molecule has 1 fully saturated rings. The standard InChI is InChI=1S/C15H12F2N2/c1-2-11-5-14(16)15(17)6-13(11)12-7-18-19(9-12)8-10-3-4-10/h1,5-7,9-10H,3-4,8H2. The Hall–Kier alpha value is -2.15. The molecule has 1 aliphatic carbocycles. The lowest BCUT2D eigenvalue weighted by Gasteiger charge is -2.03. The Morgan fingerprint density at radius 2 is 2.05 bits per heavy atom. The third-order valence-corrected chi connectivity index (χ3v) is 3.30. The SMILES string of the molecule is C#Cc1cc(F)c(F)cc1-c1cnn(CC2CC2)c1. The van der Waals surface area contributed by atoms with E-state index < -0.39 is 11.6 Å². The van der Waals surface area contributed by atoms with Gasteiger partial charge in [-0.05, 0) is 30.9 Å². The van der Waals surface area contributed by atoms with Gasteiger partial charge in [-0.2, -0.15) is 5.10 Å². The second-order valence-corrected chi connectivity index (χ2v) is 4.85. The zero-order valence-corrected chi connectivity index (χ0v) is 10.2. The molecule has 0 radical (unpaired) electrons. The van der Waals surface area contributed by atoms with Crippen LogP contribution in [-0.4, -0.2) is 9.78 Å². The highest BCUT2D eigenvalue weighted by atomic mass is 19.2. The summed E-state index contributed by atoms with van der Waals surface area (Å²) in [5, 5.41) is 4.23. The lowest BCUT2D eigenvalue weighted by Crippen LogP contribution is -1.99. The largest absolute Gasteiger partial charge is 0.272 e. The molecular formula is C15H12F2N2. The van der Waals surface area contributed by atoms with Crippen molar-refractivity contribution in [2.45, 2.75) is 19.4 Å². The molecule has 1 aromatic heterocycles. The molecule has 96 valence electrons. The van der Waals surface area contributed by atoms with Crippen LogP contribution in [0.1, 0.15) is 18.4 Å². The number of hydrogen-bond donors (Lipinski definition) is 0. The van der Waals surface area contributed by atoms with Crippen molar-refractivity contribution in [3.63, 3.8) is 0 Å². The second kappa shape index (κ2) is 4.51. The molecule has 1 heterocycles. The summed E-state index contributed by atoms with van der Waals surface area (Å²) in [5.74, 6) is 1.25. The van der Waals surface area contributed by atoms with Crippen molar-refractivity contribution in [2.24, 2.45) is 5.92 Å². The molecule has 0 atom stereocenters. The van der Waals surface area contributed by atoms with E-state index in [0.717, 1.165) is 18.7 Å². The van der Waals surface area contributed by atoms with Crippen LogP contribution in [0.5, 0.6) is 0 Å². The number of rotatable bonds is 3. The Kier molecular flexibility index (Phi) is 2.83. The molecule has 0 aliphatic heterocycles. The predicted octanol–water partition coefficient (Wildman–Crippen LogP) is 3.22. The summed E-state index contributed by atoms with van der Waals surface area (Å²) < 4.78 is 28.3.